The summed E-state index contributed by atoms with van der Waals surface area (Å²) in [4.78, 5) is 22.4. The van der Waals surface area contributed by atoms with Crippen LogP contribution < -0.4 is 9.62 Å². The number of carbonyl (C=O) groups is 1. The van der Waals surface area contributed by atoms with Gasteiger partial charge in [0.2, 0.25) is 15.9 Å². The molecule has 0 saturated carbocycles. The molecule has 4 aromatic rings. The zero-order valence-electron chi connectivity index (χ0n) is 17.7. The highest BCUT2D eigenvalue weighted by Crippen LogP contribution is 2.29. The van der Waals surface area contributed by atoms with E-state index >= 15 is 0 Å². The molecule has 0 aliphatic carbocycles. The molecule has 0 spiro atoms. The van der Waals surface area contributed by atoms with Crippen LogP contribution in [0.4, 0.5) is 10.1 Å². The molecule has 1 fully saturated rings. The van der Waals surface area contributed by atoms with Crippen molar-refractivity contribution in [3.05, 3.63) is 83.9 Å². The zero-order chi connectivity index (χ0) is 23.9. The molecule has 5 rings (SSSR count). The molecule has 1 amide bonds. The van der Waals surface area contributed by atoms with Gasteiger partial charge in [0.05, 0.1) is 10.6 Å². The van der Waals surface area contributed by atoms with Gasteiger partial charge in [-0.3, -0.25) is 4.79 Å². The van der Waals surface area contributed by atoms with Gasteiger partial charge in [0.25, 0.3) is 0 Å². The van der Waals surface area contributed by atoms with Gasteiger partial charge in [0.1, 0.15) is 11.9 Å². The largest absolute Gasteiger partial charge is 0.308 e. The molecule has 1 aliphatic heterocycles. The Balaban J connectivity index is 1.35. The van der Waals surface area contributed by atoms with Crippen molar-refractivity contribution >= 4 is 44.0 Å². The van der Waals surface area contributed by atoms with E-state index < -0.39 is 27.8 Å². The van der Waals surface area contributed by atoms with Crippen LogP contribution in [0.2, 0.25) is 5.02 Å². The number of carbonyl (C=O) groups excluding carboxylic acids is 1. The number of aromatic nitrogens is 2. The summed E-state index contributed by atoms with van der Waals surface area (Å²) in [6, 6.07) is 14.8. The van der Waals surface area contributed by atoms with Crippen LogP contribution in [-0.2, 0) is 14.8 Å². The third-order valence-electron chi connectivity index (χ3n) is 5.65. The summed E-state index contributed by atoms with van der Waals surface area (Å²) in [5.41, 5.74) is 0.553. The minimum absolute atomic E-state index is 0.0342. The Morgan fingerprint density at radius 3 is 2.50 bits per heavy atom. The fraction of sp³-hybridized carbons (Fsp3) is 0.125. The Morgan fingerprint density at radius 1 is 1.00 bits per heavy atom. The lowest BCUT2D eigenvalue weighted by Gasteiger charge is -2.18. The Bertz CT molecular complexity index is 1520. The summed E-state index contributed by atoms with van der Waals surface area (Å²) in [7, 11) is -3.98. The van der Waals surface area contributed by atoms with Gasteiger partial charge in [-0.15, -0.1) is 0 Å². The number of rotatable bonds is 5. The van der Waals surface area contributed by atoms with Crippen molar-refractivity contribution in [2.24, 2.45) is 0 Å². The molecule has 10 heteroatoms. The highest BCUT2D eigenvalue weighted by Gasteiger charge is 2.36. The number of hydrogen-bond donors (Lipinski definition) is 1. The van der Waals surface area contributed by atoms with Gasteiger partial charge in [0, 0.05) is 29.5 Å². The van der Waals surface area contributed by atoms with E-state index in [1.165, 1.54) is 29.2 Å². The molecule has 1 aliphatic rings. The molecule has 34 heavy (non-hydrogen) atoms. The molecular formula is C24H18ClFN4O3S. The van der Waals surface area contributed by atoms with Crippen molar-refractivity contribution in [1.82, 2.24) is 14.7 Å². The first-order valence-corrected chi connectivity index (χ1v) is 12.3. The maximum Gasteiger partial charge on any atom is 0.245 e. The monoisotopic (exact) mass is 496 g/mol. The van der Waals surface area contributed by atoms with Gasteiger partial charge in [-0.2, -0.15) is 4.72 Å². The summed E-state index contributed by atoms with van der Waals surface area (Å²) in [5, 5.41) is 2.06. The number of benzene rings is 3. The SMILES string of the molecule is O=C1[C@@H](NS(=O)(=O)c2ccc3cc(Cl)ccc3c2)CCN1c1ccc(-c2ncccn2)cc1F. The van der Waals surface area contributed by atoms with Crippen molar-refractivity contribution in [3.63, 3.8) is 0 Å². The maximum atomic E-state index is 14.9. The van der Waals surface area contributed by atoms with Crippen molar-refractivity contribution in [3.8, 4) is 11.4 Å². The topological polar surface area (TPSA) is 92.3 Å². The van der Waals surface area contributed by atoms with E-state index in [-0.39, 0.29) is 23.5 Å². The average molecular weight is 497 g/mol. The Hall–Kier alpha value is -3.40. The van der Waals surface area contributed by atoms with E-state index in [4.69, 9.17) is 11.6 Å². The van der Waals surface area contributed by atoms with Gasteiger partial charge < -0.3 is 4.90 Å². The fourth-order valence-electron chi connectivity index (χ4n) is 3.96. The third-order valence-corrected chi connectivity index (χ3v) is 7.35. The Kier molecular flexibility index (Phi) is 5.76. The second-order valence-electron chi connectivity index (χ2n) is 7.84. The van der Waals surface area contributed by atoms with Crippen LogP contribution in [0.5, 0.6) is 0 Å². The molecule has 172 valence electrons. The van der Waals surface area contributed by atoms with Gasteiger partial charge in [0.15, 0.2) is 5.82 Å². The first-order chi connectivity index (χ1) is 16.3. The Morgan fingerprint density at radius 2 is 1.74 bits per heavy atom. The van der Waals surface area contributed by atoms with Crippen LogP contribution in [0, 0.1) is 5.82 Å². The van der Waals surface area contributed by atoms with Crippen molar-refractivity contribution < 1.29 is 17.6 Å². The standard InChI is InChI=1S/C24H18ClFN4O3S/c25-18-5-2-16-13-19(6-3-15(16)12-18)34(32,33)29-21-8-11-30(24(21)31)22-7-4-17(14-20(22)26)23-27-9-1-10-28-23/h1-7,9-10,12-14,21,29H,8,11H2/t21-/m0/s1. The summed E-state index contributed by atoms with van der Waals surface area (Å²) in [6.45, 7) is 0.181. The van der Waals surface area contributed by atoms with Gasteiger partial charge in [-0.25, -0.2) is 22.8 Å². The molecule has 3 aromatic carbocycles. The predicted molar refractivity (Wildman–Crippen MR) is 127 cm³/mol. The lowest BCUT2D eigenvalue weighted by atomic mass is 10.1. The van der Waals surface area contributed by atoms with Crippen molar-refractivity contribution in [1.29, 1.82) is 0 Å². The number of nitrogens with zero attached hydrogens (tertiary/aromatic N) is 3. The van der Waals surface area contributed by atoms with Crippen LogP contribution in [0.1, 0.15) is 6.42 Å². The van der Waals surface area contributed by atoms with E-state index in [0.29, 0.717) is 21.8 Å². The molecule has 1 N–H and O–H groups in total. The number of sulfonamides is 1. The lowest BCUT2D eigenvalue weighted by Crippen LogP contribution is -2.41. The lowest BCUT2D eigenvalue weighted by molar-refractivity contribution is -0.118. The summed E-state index contributed by atoms with van der Waals surface area (Å²) in [5.74, 6) is -0.766. The van der Waals surface area contributed by atoms with E-state index in [1.54, 1.807) is 48.8 Å². The fourth-order valence-corrected chi connectivity index (χ4v) is 5.40. The second kappa shape index (κ2) is 8.75. The summed E-state index contributed by atoms with van der Waals surface area (Å²) in [6.07, 6.45) is 3.32. The first-order valence-electron chi connectivity index (χ1n) is 10.4. The number of fused-ring (bicyclic) bond motifs is 1. The smallest absolute Gasteiger partial charge is 0.245 e. The first kappa shape index (κ1) is 22.4. The summed E-state index contributed by atoms with van der Waals surface area (Å²) < 4.78 is 43.3. The normalized spacial score (nSPS) is 16.4. The quantitative estimate of drug-likeness (QED) is 0.447. The minimum atomic E-state index is -3.98. The van der Waals surface area contributed by atoms with Crippen LogP contribution in [-0.4, -0.2) is 36.9 Å². The number of amides is 1. The van der Waals surface area contributed by atoms with Crippen LogP contribution >= 0.6 is 11.6 Å². The van der Waals surface area contributed by atoms with Crippen molar-refractivity contribution in [2.45, 2.75) is 17.4 Å². The molecule has 0 radical (unpaired) electrons. The average Bonchev–Trinajstić information content (AvgIpc) is 3.18. The maximum absolute atomic E-state index is 14.9. The van der Waals surface area contributed by atoms with E-state index in [9.17, 15) is 17.6 Å². The number of halogens is 2. The minimum Gasteiger partial charge on any atom is -0.308 e. The Labute approximate surface area is 200 Å². The molecule has 0 unspecified atom stereocenters. The van der Waals surface area contributed by atoms with E-state index in [2.05, 4.69) is 14.7 Å². The van der Waals surface area contributed by atoms with Crippen LogP contribution in [0.3, 0.4) is 0 Å². The van der Waals surface area contributed by atoms with Gasteiger partial charge in [-0.05, 0) is 65.7 Å². The third kappa shape index (κ3) is 4.25. The molecule has 1 atom stereocenters. The number of anilines is 1. The zero-order valence-corrected chi connectivity index (χ0v) is 19.2. The molecular weight excluding hydrogens is 479 g/mol. The molecule has 1 aromatic heterocycles. The van der Waals surface area contributed by atoms with Crippen LogP contribution in [0.15, 0.2) is 78.0 Å². The molecule has 1 saturated heterocycles. The highest BCUT2D eigenvalue weighted by molar-refractivity contribution is 7.89. The second-order valence-corrected chi connectivity index (χ2v) is 9.99. The molecule has 7 nitrogen and oxygen atoms in total. The molecule has 0 bridgehead atoms. The number of nitrogens with one attached hydrogen (secondary N) is 1. The number of hydrogen-bond acceptors (Lipinski definition) is 5. The van der Waals surface area contributed by atoms with Crippen molar-refractivity contribution in [2.75, 3.05) is 11.4 Å². The van der Waals surface area contributed by atoms with Crippen LogP contribution in [0.25, 0.3) is 22.2 Å². The van der Waals surface area contributed by atoms with Gasteiger partial charge in [-0.1, -0.05) is 23.7 Å². The van der Waals surface area contributed by atoms with E-state index in [1.807, 2.05) is 0 Å². The molecule has 2 heterocycles. The van der Waals surface area contributed by atoms with E-state index in [0.717, 1.165) is 5.39 Å². The van der Waals surface area contributed by atoms with Gasteiger partial charge >= 0.3 is 0 Å². The predicted octanol–water partition coefficient (Wildman–Crippen LogP) is 4.17. The highest BCUT2D eigenvalue weighted by atomic mass is 35.5. The summed E-state index contributed by atoms with van der Waals surface area (Å²) >= 11 is 5.99.